The average molecular weight is 745 g/mol. The molecule has 2 aromatic heterocycles. The molecule has 0 N–H and O–H groups in total. The van der Waals surface area contributed by atoms with E-state index >= 15 is 0 Å². The van der Waals surface area contributed by atoms with Gasteiger partial charge in [0.05, 0.1) is 38.6 Å². The Morgan fingerprint density at radius 2 is 0.947 bits per heavy atom. The first-order valence-corrected chi connectivity index (χ1v) is 19.3. The van der Waals surface area contributed by atoms with Crippen molar-refractivity contribution in [2.24, 2.45) is 0 Å². The summed E-state index contributed by atoms with van der Waals surface area (Å²) < 4.78 is 12.9. The van der Waals surface area contributed by atoms with E-state index < -0.39 is 0 Å². The van der Waals surface area contributed by atoms with Crippen molar-refractivity contribution in [3.8, 4) is 0 Å². The molecule has 0 bridgehead atoms. The molecule has 0 spiro atoms. The molecule has 0 saturated heterocycles. The second kappa shape index (κ2) is 12.3. The summed E-state index contributed by atoms with van der Waals surface area (Å²) in [6.07, 6.45) is 6.07. The Labute approximate surface area is 329 Å². The van der Waals surface area contributed by atoms with Crippen molar-refractivity contribution in [1.82, 2.24) is 0 Å². The monoisotopic (exact) mass is 744 g/mol. The molecule has 0 amide bonds. The third-order valence-corrected chi connectivity index (χ3v) is 12.1. The number of hydrogen-bond acceptors (Lipinski definition) is 6. The molecule has 278 valence electrons. The normalized spacial score (nSPS) is 15.7. The standard InChI is InChI=1S/C51H40N2O4/c1-7-15-36-40(8-2)52(41-19-12-9-16-37(41)50(36,3)4)30-22-24-44-32(26-30)48(54)34-28-47-35(29-46(34)56-44)49(55)33-27-31(23-25-45(33)57-47)53-42-20-13-10-17-38(42)51(5,6)39-18-11-14-21-43(39)53/h7-29H,2H2,1,3-6H3/b15-7-. The Bertz CT molecular complexity index is 3180. The zero-order chi connectivity index (χ0) is 39.4. The van der Waals surface area contributed by atoms with Gasteiger partial charge in [-0.05, 0) is 102 Å². The lowest BCUT2D eigenvalue weighted by atomic mass is 9.73. The summed E-state index contributed by atoms with van der Waals surface area (Å²) in [6.45, 7) is 15.2. The van der Waals surface area contributed by atoms with Gasteiger partial charge in [-0.25, -0.2) is 0 Å². The van der Waals surface area contributed by atoms with Crippen molar-refractivity contribution in [1.29, 1.82) is 0 Å². The SMILES string of the molecule is C=CC1=C(/C=C\C)C(C)(C)c2ccccc2N1c1ccc2oc3cc4c(=O)c5cc(N6c7ccccc7C(C)(C)c7ccccc76)ccc5oc4cc3c(=O)c2c1. The van der Waals surface area contributed by atoms with Gasteiger partial charge in [0.25, 0.3) is 0 Å². The molecule has 2 aliphatic heterocycles. The fourth-order valence-corrected chi connectivity index (χ4v) is 9.26. The van der Waals surface area contributed by atoms with Crippen LogP contribution in [0, 0.1) is 0 Å². The molecule has 4 heterocycles. The highest BCUT2D eigenvalue weighted by Gasteiger charge is 2.38. The maximum Gasteiger partial charge on any atom is 0.200 e. The highest BCUT2D eigenvalue weighted by Crippen LogP contribution is 2.52. The molecular formula is C51H40N2O4. The van der Waals surface area contributed by atoms with E-state index in [1.807, 2.05) is 73.7 Å². The fourth-order valence-electron chi connectivity index (χ4n) is 9.26. The predicted molar refractivity (Wildman–Crippen MR) is 234 cm³/mol. The van der Waals surface area contributed by atoms with Crippen LogP contribution >= 0.6 is 0 Å². The van der Waals surface area contributed by atoms with Crippen LogP contribution in [-0.2, 0) is 10.8 Å². The summed E-state index contributed by atoms with van der Waals surface area (Å²) >= 11 is 0. The lowest BCUT2D eigenvalue weighted by Gasteiger charge is -2.42. The largest absolute Gasteiger partial charge is 0.456 e. The maximum absolute atomic E-state index is 14.4. The summed E-state index contributed by atoms with van der Waals surface area (Å²) in [6, 6.07) is 39.9. The number of hydrogen-bond donors (Lipinski definition) is 0. The van der Waals surface area contributed by atoms with Gasteiger partial charge in [0, 0.05) is 27.9 Å². The van der Waals surface area contributed by atoms with E-state index in [0.29, 0.717) is 43.9 Å². The van der Waals surface area contributed by atoms with Crippen LogP contribution in [0.1, 0.15) is 51.3 Å². The van der Waals surface area contributed by atoms with E-state index in [2.05, 4.69) is 105 Å². The molecule has 6 nitrogen and oxygen atoms in total. The quantitative estimate of drug-likeness (QED) is 0.167. The van der Waals surface area contributed by atoms with Crippen molar-refractivity contribution < 1.29 is 8.83 Å². The number of benzene rings is 6. The van der Waals surface area contributed by atoms with Gasteiger partial charge in [-0.1, -0.05) is 101 Å². The third kappa shape index (κ3) is 4.89. The molecule has 2 aliphatic rings. The lowest BCUT2D eigenvalue weighted by molar-refractivity contribution is 0.621. The first kappa shape index (κ1) is 34.6. The zero-order valence-electron chi connectivity index (χ0n) is 32.5. The van der Waals surface area contributed by atoms with Crippen molar-refractivity contribution in [2.45, 2.75) is 45.4 Å². The Morgan fingerprint density at radius 1 is 0.526 bits per heavy atom. The first-order valence-electron chi connectivity index (χ1n) is 19.3. The van der Waals surface area contributed by atoms with Crippen LogP contribution in [0.2, 0.25) is 0 Å². The average Bonchev–Trinajstić information content (AvgIpc) is 3.22. The van der Waals surface area contributed by atoms with Crippen LogP contribution in [-0.4, -0.2) is 0 Å². The molecule has 0 aliphatic carbocycles. The van der Waals surface area contributed by atoms with Gasteiger partial charge < -0.3 is 18.6 Å². The van der Waals surface area contributed by atoms with E-state index in [9.17, 15) is 9.59 Å². The summed E-state index contributed by atoms with van der Waals surface area (Å²) in [5, 5.41) is 1.55. The van der Waals surface area contributed by atoms with Crippen LogP contribution in [0.4, 0.5) is 28.4 Å². The Balaban J connectivity index is 1.13. The lowest BCUT2D eigenvalue weighted by Crippen LogP contribution is -2.33. The van der Waals surface area contributed by atoms with Gasteiger partial charge in [0.2, 0.25) is 10.9 Å². The number of fused-ring (bicyclic) bond motifs is 7. The van der Waals surface area contributed by atoms with Gasteiger partial charge >= 0.3 is 0 Å². The molecule has 57 heavy (non-hydrogen) atoms. The van der Waals surface area contributed by atoms with E-state index in [0.717, 1.165) is 39.7 Å². The molecule has 6 heteroatoms. The van der Waals surface area contributed by atoms with Crippen molar-refractivity contribution in [3.63, 3.8) is 0 Å². The van der Waals surface area contributed by atoms with Gasteiger partial charge in [0.15, 0.2) is 0 Å². The number of anilines is 5. The van der Waals surface area contributed by atoms with E-state index in [4.69, 9.17) is 8.83 Å². The van der Waals surface area contributed by atoms with Gasteiger partial charge in [-0.3, -0.25) is 9.59 Å². The molecule has 0 radical (unpaired) electrons. The number of para-hydroxylation sites is 3. The number of nitrogens with zero attached hydrogens (tertiary/aromatic N) is 2. The summed E-state index contributed by atoms with van der Waals surface area (Å²) in [7, 11) is 0. The Hall–Kier alpha value is -6.92. The molecule has 0 saturated carbocycles. The highest BCUT2D eigenvalue weighted by atomic mass is 16.3. The molecular weight excluding hydrogens is 705 g/mol. The summed E-state index contributed by atoms with van der Waals surface area (Å²) in [4.78, 5) is 33.2. The molecule has 10 rings (SSSR count). The second-order valence-electron chi connectivity index (χ2n) is 16.0. The van der Waals surface area contributed by atoms with Crippen LogP contribution in [0.25, 0.3) is 43.9 Å². The molecule has 8 aromatic rings. The van der Waals surface area contributed by atoms with Crippen LogP contribution < -0.4 is 20.7 Å². The molecule has 0 fully saturated rings. The van der Waals surface area contributed by atoms with Crippen molar-refractivity contribution in [3.05, 3.63) is 195 Å². The Morgan fingerprint density at radius 3 is 1.42 bits per heavy atom. The molecule has 6 aromatic carbocycles. The molecule has 0 atom stereocenters. The van der Waals surface area contributed by atoms with E-state index in [1.165, 1.54) is 16.7 Å². The number of allylic oxidation sites excluding steroid dienone is 4. The summed E-state index contributed by atoms with van der Waals surface area (Å²) in [5.41, 5.74) is 11.1. The fraction of sp³-hybridized carbons (Fsp3) is 0.137. The van der Waals surface area contributed by atoms with Crippen molar-refractivity contribution >= 4 is 72.3 Å². The minimum absolute atomic E-state index is 0.195. The smallest absolute Gasteiger partial charge is 0.200 e. The highest BCUT2D eigenvalue weighted by molar-refractivity contribution is 6.02. The summed E-state index contributed by atoms with van der Waals surface area (Å²) in [5.74, 6) is 0. The Kier molecular flexibility index (Phi) is 7.45. The maximum atomic E-state index is 14.4. The topological polar surface area (TPSA) is 66.9 Å². The first-order chi connectivity index (χ1) is 27.5. The minimum atomic E-state index is -0.270. The second-order valence-corrected chi connectivity index (χ2v) is 16.0. The van der Waals surface area contributed by atoms with Crippen LogP contribution in [0.5, 0.6) is 0 Å². The zero-order valence-corrected chi connectivity index (χ0v) is 32.5. The van der Waals surface area contributed by atoms with Crippen molar-refractivity contribution in [2.75, 3.05) is 9.80 Å². The molecule has 0 unspecified atom stereocenters. The van der Waals surface area contributed by atoms with Crippen LogP contribution in [0.3, 0.4) is 0 Å². The minimum Gasteiger partial charge on any atom is -0.456 e. The van der Waals surface area contributed by atoms with E-state index in [1.54, 1.807) is 12.1 Å². The van der Waals surface area contributed by atoms with Gasteiger partial charge in [-0.15, -0.1) is 0 Å². The van der Waals surface area contributed by atoms with Gasteiger partial charge in [-0.2, -0.15) is 0 Å². The van der Waals surface area contributed by atoms with Crippen LogP contribution in [0.15, 0.2) is 176 Å². The van der Waals surface area contributed by atoms with E-state index in [-0.39, 0.29) is 21.7 Å². The van der Waals surface area contributed by atoms with Gasteiger partial charge in [0.1, 0.15) is 22.3 Å². The predicted octanol–water partition coefficient (Wildman–Crippen LogP) is 12.8. The number of rotatable bonds is 4. The third-order valence-electron chi connectivity index (χ3n) is 12.1.